The number of hydrogen-bond acceptors (Lipinski definition) is 6. The molecular weight excluding hydrogens is 362 g/mol. The maximum absolute atomic E-state index is 11.9. The number of aliphatic imine (C=N–C) groups is 1. The molecule has 0 fully saturated rings. The highest BCUT2D eigenvalue weighted by Gasteiger charge is 2.43. The summed E-state index contributed by atoms with van der Waals surface area (Å²) in [5.74, 6) is 0.663. The van der Waals surface area contributed by atoms with Crippen molar-refractivity contribution in [3.63, 3.8) is 0 Å². The Morgan fingerprint density at radius 1 is 0.889 bits per heavy atom. The van der Waals surface area contributed by atoms with Gasteiger partial charge in [0.2, 0.25) is 0 Å². The van der Waals surface area contributed by atoms with Gasteiger partial charge < -0.3 is 20.1 Å². The second-order valence-corrected chi connectivity index (χ2v) is 6.56. The number of nitrogens with zero attached hydrogens (tertiary/aromatic N) is 1. The van der Waals surface area contributed by atoms with Crippen LogP contribution in [0.5, 0.6) is 23.0 Å². The summed E-state index contributed by atoms with van der Waals surface area (Å²) in [5, 5.41) is 33.9. The molecule has 1 heterocycles. The van der Waals surface area contributed by atoms with Gasteiger partial charge in [0.05, 0.1) is 10.8 Å². The summed E-state index contributed by atoms with van der Waals surface area (Å²) < 4.78 is 5.84. The summed E-state index contributed by atoms with van der Waals surface area (Å²) in [6, 6.07) is 14.5. The topological polar surface area (TPSA) is 82.3 Å². The summed E-state index contributed by atoms with van der Waals surface area (Å²) in [6.07, 6.45) is 0. The van der Waals surface area contributed by atoms with Crippen LogP contribution in [0.15, 0.2) is 59.6 Å². The van der Waals surface area contributed by atoms with Gasteiger partial charge in [0.25, 0.3) is 0 Å². The van der Waals surface area contributed by atoms with Crippen molar-refractivity contribution in [2.45, 2.75) is 12.5 Å². The molecule has 1 aliphatic rings. The Balaban J connectivity index is 2.03. The number of phenols is 2. The largest absolute Gasteiger partial charge is 0.508 e. The van der Waals surface area contributed by atoms with Gasteiger partial charge in [-0.3, -0.25) is 0 Å². The summed E-state index contributed by atoms with van der Waals surface area (Å²) in [6.45, 7) is 1.87. The third-order valence-electron chi connectivity index (χ3n) is 4.70. The molecule has 3 aromatic rings. The highest BCUT2D eigenvalue weighted by Crippen LogP contribution is 2.52. The number of aryl methyl sites for hydroxylation is 1. The van der Waals surface area contributed by atoms with Crippen molar-refractivity contribution in [3.05, 3.63) is 76.9 Å². The molecule has 27 heavy (non-hydrogen) atoms. The standard InChI is InChI=1S/C21H15NO4S/c1-12-8-13(22-11-27)2-5-16(12)21(25)17-6-3-14(23)9-19(17)26-20-10-15(24)4-7-18(20)21/h2-10,23-25H,1H3. The molecule has 0 saturated heterocycles. The molecule has 4 rings (SSSR count). The number of phenolic OH excluding ortho intramolecular Hbond substituents is 2. The van der Waals surface area contributed by atoms with Gasteiger partial charge in [-0.1, -0.05) is 6.07 Å². The second kappa shape index (κ2) is 6.21. The van der Waals surface area contributed by atoms with Crippen LogP contribution in [0.1, 0.15) is 22.3 Å². The van der Waals surface area contributed by atoms with E-state index < -0.39 is 5.60 Å². The van der Waals surface area contributed by atoms with Crippen LogP contribution in [0.3, 0.4) is 0 Å². The van der Waals surface area contributed by atoms with E-state index in [-0.39, 0.29) is 11.5 Å². The van der Waals surface area contributed by atoms with Crippen molar-refractivity contribution in [2.75, 3.05) is 0 Å². The highest BCUT2D eigenvalue weighted by molar-refractivity contribution is 7.78. The minimum Gasteiger partial charge on any atom is -0.508 e. The molecule has 0 spiro atoms. The van der Waals surface area contributed by atoms with Gasteiger partial charge in [-0.25, -0.2) is 0 Å². The number of isothiocyanates is 1. The predicted octanol–water partition coefficient (Wildman–Crippen LogP) is 4.53. The fourth-order valence-electron chi connectivity index (χ4n) is 3.52. The molecule has 134 valence electrons. The molecule has 0 unspecified atom stereocenters. The van der Waals surface area contributed by atoms with Crippen LogP contribution in [0.2, 0.25) is 0 Å². The lowest BCUT2D eigenvalue weighted by molar-refractivity contribution is 0.112. The molecule has 3 aromatic carbocycles. The number of thiocarbonyl (C=S) groups is 1. The zero-order chi connectivity index (χ0) is 19.2. The lowest BCUT2D eigenvalue weighted by atomic mass is 9.76. The van der Waals surface area contributed by atoms with Crippen molar-refractivity contribution < 1.29 is 20.1 Å². The number of benzene rings is 3. The van der Waals surface area contributed by atoms with Gasteiger partial charge in [0.15, 0.2) is 0 Å². The fraction of sp³-hybridized carbons (Fsp3) is 0.0952. The van der Waals surface area contributed by atoms with Gasteiger partial charge in [0, 0.05) is 23.3 Å². The Hall–Kier alpha value is -3.18. The smallest absolute Gasteiger partial charge is 0.148 e. The molecule has 0 saturated carbocycles. The molecule has 0 amide bonds. The van der Waals surface area contributed by atoms with E-state index >= 15 is 0 Å². The van der Waals surface area contributed by atoms with E-state index in [4.69, 9.17) is 4.74 Å². The first kappa shape index (κ1) is 17.2. The number of fused-ring (bicyclic) bond motifs is 2. The first-order chi connectivity index (χ1) is 12.9. The quantitative estimate of drug-likeness (QED) is 0.451. The first-order valence-electron chi connectivity index (χ1n) is 8.19. The van der Waals surface area contributed by atoms with E-state index in [2.05, 4.69) is 22.4 Å². The average molecular weight is 377 g/mol. The molecular formula is C21H15NO4S. The predicted molar refractivity (Wildman–Crippen MR) is 104 cm³/mol. The van der Waals surface area contributed by atoms with E-state index in [0.29, 0.717) is 33.9 Å². The van der Waals surface area contributed by atoms with Crippen LogP contribution in [-0.4, -0.2) is 20.5 Å². The van der Waals surface area contributed by atoms with Crippen molar-refractivity contribution in [3.8, 4) is 23.0 Å². The van der Waals surface area contributed by atoms with E-state index in [1.165, 1.54) is 24.3 Å². The Morgan fingerprint density at radius 3 is 1.96 bits per heavy atom. The summed E-state index contributed by atoms with van der Waals surface area (Å²) in [4.78, 5) is 3.98. The summed E-state index contributed by atoms with van der Waals surface area (Å²) in [5.41, 5.74) is 1.52. The molecule has 3 N–H and O–H groups in total. The van der Waals surface area contributed by atoms with E-state index in [0.717, 1.165) is 5.56 Å². The fourth-order valence-corrected chi connectivity index (χ4v) is 3.62. The zero-order valence-electron chi connectivity index (χ0n) is 14.3. The number of aliphatic hydroxyl groups is 1. The third-order valence-corrected chi connectivity index (χ3v) is 4.80. The van der Waals surface area contributed by atoms with E-state index in [1.54, 1.807) is 24.3 Å². The van der Waals surface area contributed by atoms with Crippen molar-refractivity contribution in [1.82, 2.24) is 0 Å². The van der Waals surface area contributed by atoms with Crippen LogP contribution in [0.4, 0.5) is 5.69 Å². The van der Waals surface area contributed by atoms with Crippen LogP contribution in [-0.2, 0) is 5.60 Å². The number of rotatable bonds is 2. The van der Waals surface area contributed by atoms with Crippen molar-refractivity contribution in [1.29, 1.82) is 0 Å². The van der Waals surface area contributed by atoms with Crippen LogP contribution in [0.25, 0.3) is 0 Å². The average Bonchev–Trinajstić information content (AvgIpc) is 2.61. The maximum Gasteiger partial charge on any atom is 0.148 e. The monoisotopic (exact) mass is 377 g/mol. The van der Waals surface area contributed by atoms with Crippen molar-refractivity contribution >= 4 is 23.1 Å². The molecule has 1 aliphatic heterocycles. The minimum absolute atomic E-state index is 0.0158. The second-order valence-electron chi connectivity index (χ2n) is 6.38. The molecule has 0 aliphatic carbocycles. The Kier molecular flexibility index (Phi) is 3.97. The zero-order valence-corrected chi connectivity index (χ0v) is 15.1. The SMILES string of the molecule is Cc1cc(N=C=S)ccc1C1(O)c2ccc(O)cc2Oc2cc(O)ccc21. The Labute approximate surface area is 160 Å². The Bertz CT molecular complexity index is 1070. The van der Waals surface area contributed by atoms with Gasteiger partial charge in [-0.05, 0) is 66.7 Å². The van der Waals surface area contributed by atoms with Gasteiger partial charge in [-0.15, -0.1) is 0 Å². The molecule has 5 nitrogen and oxygen atoms in total. The lowest BCUT2D eigenvalue weighted by Gasteiger charge is -2.37. The van der Waals surface area contributed by atoms with Gasteiger partial charge in [-0.2, -0.15) is 4.99 Å². The minimum atomic E-state index is -1.53. The summed E-state index contributed by atoms with van der Waals surface area (Å²) >= 11 is 4.66. The lowest BCUT2D eigenvalue weighted by Crippen LogP contribution is -2.33. The Morgan fingerprint density at radius 2 is 1.44 bits per heavy atom. The van der Waals surface area contributed by atoms with Crippen LogP contribution < -0.4 is 4.74 Å². The molecule has 0 radical (unpaired) electrons. The first-order valence-corrected chi connectivity index (χ1v) is 8.60. The van der Waals surface area contributed by atoms with Crippen LogP contribution >= 0.6 is 12.2 Å². The number of hydrogen-bond donors (Lipinski definition) is 3. The molecule has 0 aromatic heterocycles. The van der Waals surface area contributed by atoms with E-state index in [1.807, 2.05) is 13.0 Å². The van der Waals surface area contributed by atoms with E-state index in [9.17, 15) is 15.3 Å². The normalized spacial score (nSPS) is 13.7. The molecule has 6 heteroatoms. The molecule has 0 atom stereocenters. The maximum atomic E-state index is 11.9. The molecule has 0 bridgehead atoms. The number of aromatic hydroxyl groups is 2. The summed E-state index contributed by atoms with van der Waals surface area (Å²) in [7, 11) is 0. The van der Waals surface area contributed by atoms with Crippen LogP contribution in [0, 0.1) is 6.92 Å². The van der Waals surface area contributed by atoms with Gasteiger partial charge >= 0.3 is 0 Å². The van der Waals surface area contributed by atoms with Crippen molar-refractivity contribution in [2.24, 2.45) is 4.99 Å². The third kappa shape index (κ3) is 2.67. The number of ether oxygens (including phenoxy) is 1. The van der Waals surface area contributed by atoms with Gasteiger partial charge in [0.1, 0.15) is 28.6 Å². The highest BCUT2D eigenvalue weighted by atomic mass is 32.1.